The molecule has 0 bridgehead atoms. The van der Waals surface area contributed by atoms with Gasteiger partial charge >= 0.3 is 12.0 Å². The number of benzene rings is 1. The molecule has 6 heteroatoms. The highest BCUT2D eigenvalue weighted by Gasteiger charge is 2.38. The highest BCUT2D eigenvalue weighted by atomic mass is 32.1. The first kappa shape index (κ1) is 16.4. The van der Waals surface area contributed by atoms with E-state index in [9.17, 15) is 9.59 Å². The van der Waals surface area contributed by atoms with E-state index in [1.807, 2.05) is 49.4 Å². The fraction of sp³-hybridized carbons (Fsp3) is 0.278. The first-order valence-corrected chi connectivity index (χ1v) is 8.49. The molecule has 2 amide bonds. The van der Waals surface area contributed by atoms with E-state index >= 15 is 0 Å². The van der Waals surface area contributed by atoms with Crippen molar-refractivity contribution in [1.82, 2.24) is 5.32 Å². The number of aryl methyl sites for hydroxylation is 1. The normalized spacial score (nSPS) is 20.2. The summed E-state index contributed by atoms with van der Waals surface area (Å²) < 4.78 is 5.47. The van der Waals surface area contributed by atoms with Crippen molar-refractivity contribution in [1.29, 1.82) is 0 Å². The van der Waals surface area contributed by atoms with E-state index in [0.717, 1.165) is 15.3 Å². The number of hydrogen-bond acceptors (Lipinski definition) is 4. The van der Waals surface area contributed by atoms with Crippen LogP contribution in [-0.4, -0.2) is 17.7 Å². The van der Waals surface area contributed by atoms with Gasteiger partial charge in [-0.1, -0.05) is 30.3 Å². The van der Waals surface area contributed by atoms with Crippen LogP contribution in [0.5, 0.6) is 0 Å². The molecule has 24 heavy (non-hydrogen) atoms. The van der Waals surface area contributed by atoms with Gasteiger partial charge in [0.25, 0.3) is 0 Å². The van der Waals surface area contributed by atoms with Gasteiger partial charge in [-0.3, -0.25) is 4.79 Å². The molecule has 0 radical (unpaired) electrons. The Bertz CT molecular complexity index is 783. The van der Waals surface area contributed by atoms with Crippen molar-refractivity contribution in [2.45, 2.75) is 26.5 Å². The molecule has 1 aromatic heterocycles. The molecule has 2 heterocycles. The number of amides is 2. The topological polar surface area (TPSA) is 67.8 Å². The van der Waals surface area contributed by atoms with E-state index in [2.05, 4.69) is 10.3 Å². The second kappa shape index (κ2) is 6.97. The van der Waals surface area contributed by atoms with Gasteiger partial charge in [0.1, 0.15) is 12.5 Å². The number of nitrogens with zero attached hydrogens (tertiary/aromatic N) is 1. The number of carbonyl (C=O) groups excluding carboxylic acids is 2. The SMILES string of the molecule is CC1=NC(=O)NC(c2ccc(C)s2)C1C(=O)OCc1ccccc1. The number of rotatable bonds is 4. The van der Waals surface area contributed by atoms with Gasteiger partial charge in [0.15, 0.2) is 0 Å². The molecule has 0 aliphatic carbocycles. The number of ether oxygens (including phenoxy) is 1. The number of nitrogens with one attached hydrogen (secondary N) is 1. The quantitative estimate of drug-likeness (QED) is 0.863. The molecule has 0 fully saturated rings. The standard InChI is InChI=1S/C18H18N2O3S/c1-11-8-9-14(24-11)16-15(12(2)19-18(22)20-16)17(21)23-10-13-6-4-3-5-7-13/h3-9,15-16H,10H2,1-2H3,(H,20,22). The second-order valence-corrected chi connectivity index (χ2v) is 7.02. The molecular weight excluding hydrogens is 324 g/mol. The Hall–Kier alpha value is -2.47. The lowest BCUT2D eigenvalue weighted by Crippen LogP contribution is -2.43. The minimum Gasteiger partial charge on any atom is -0.460 e. The maximum absolute atomic E-state index is 12.6. The van der Waals surface area contributed by atoms with Crippen molar-refractivity contribution in [3.05, 3.63) is 57.8 Å². The van der Waals surface area contributed by atoms with Crippen LogP contribution in [-0.2, 0) is 16.1 Å². The van der Waals surface area contributed by atoms with Gasteiger partial charge in [-0.2, -0.15) is 0 Å². The molecule has 2 aromatic rings. The highest BCUT2D eigenvalue weighted by molar-refractivity contribution is 7.12. The molecule has 124 valence electrons. The first-order valence-electron chi connectivity index (χ1n) is 7.67. The third-order valence-corrected chi connectivity index (χ3v) is 4.97. The Morgan fingerprint density at radius 1 is 1.21 bits per heavy atom. The van der Waals surface area contributed by atoms with E-state index in [4.69, 9.17) is 4.74 Å². The van der Waals surface area contributed by atoms with Crippen molar-refractivity contribution in [3.63, 3.8) is 0 Å². The zero-order valence-electron chi connectivity index (χ0n) is 13.5. The predicted molar refractivity (Wildman–Crippen MR) is 93.2 cm³/mol. The van der Waals surface area contributed by atoms with Crippen LogP contribution in [0.1, 0.15) is 28.3 Å². The van der Waals surface area contributed by atoms with Gasteiger partial charge in [-0.25, -0.2) is 9.79 Å². The van der Waals surface area contributed by atoms with Crippen molar-refractivity contribution < 1.29 is 14.3 Å². The molecule has 3 rings (SSSR count). The number of urea groups is 1. The Kier molecular flexibility index (Phi) is 4.76. The van der Waals surface area contributed by atoms with Crippen molar-refractivity contribution in [3.8, 4) is 0 Å². The summed E-state index contributed by atoms with van der Waals surface area (Å²) in [6.45, 7) is 3.89. The number of thiophene rings is 1. The van der Waals surface area contributed by atoms with Crippen LogP contribution < -0.4 is 5.32 Å². The predicted octanol–water partition coefficient (Wildman–Crippen LogP) is 3.64. The van der Waals surface area contributed by atoms with Gasteiger partial charge in [-0.05, 0) is 31.5 Å². The summed E-state index contributed by atoms with van der Waals surface area (Å²) in [4.78, 5) is 30.3. The van der Waals surface area contributed by atoms with Crippen molar-refractivity contribution in [2.75, 3.05) is 0 Å². The van der Waals surface area contributed by atoms with Gasteiger partial charge in [0.05, 0.1) is 6.04 Å². The van der Waals surface area contributed by atoms with Crippen LogP contribution in [0.4, 0.5) is 4.79 Å². The highest BCUT2D eigenvalue weighted by Crippen LogP contribution is 2.32. The van der Waals surface area contributed by atoms with E-state index in [0.29, 0.717) is 5.71 Å². The lowest BCUT2D eigenvalue weighted by molar-refractivity contribution is -0.148. The van der Waals surface area contributed by atoms with E-state index in [-0.39, 0.29) is 12.6 Å². The molecule has 5 nitrogen and oxygen atoms in total. The fourth-order valence-corrected chi connectivity index (χ4v) is 3.67. The first-order chi connectivity index (χ1) is 11.5. The molecule has 2 unspecified atom stereocenters. The lowest BCUT2D eigenvalue weighted by Gasteiger charge is -2.28. The van der Waals surface area contributed by atoms with Gasteiger partial charge in [0, 0.05) is 15.5 Å². The molecule has 1 N–H and O–H groups in total. The van der Waals surface area contributed by atoms with Crippen molar-refractivity contribution in [2.24, 2.45) is 10.9 Å². The van der Waals surface area contributed by atoms with Gasteiger partial charge in [-0.15, -0.1) is 11.3 Å². The maximum Gasteiger partial charge on any atom is 0.341 e. The monoisotopic (exact) mass is 342 g/mol. The minimum absolute atomic E-state index is 0.202. The van der Waals surface area contributed by atoms with Crippen LogP contribution >= 0.6 is 11.3 Å². The third kappa shape index (κ3) is 3.54. The molecule has 1 aliphatic heterocycles. The van der Waals surface area contributed by atoms with Crippen molar-refractivity contribution >= 4 is 29.0 Å². The van der Waals surface area contributed by atoms with E-state index < -0.39 is 18.0 Å². The van der Waals surface area contributed by atoms with Crippen LogP contribution in [0.15, 0.2) is 47.5 Å². The molecule has 0 spiro atoms. The fourth-order valence-electron chi connectivity index (χ4n) is 2.70. The van der Waals surface area contributed by atoms with E-state index in [1.54, 1.807) is 18.3 Å². The molecule has 0 saturated heterocycles. The summed E-state index contributed by atoms with van der Waals surface area (Å²) in [7, 11) is 0. The Balaban J connectivity index is 1.80. The molecule has 1 aliphatic rings. The van der Waals surface area contributed by atoms with Crippen LogP contribution in [0.3, 0.4) is 0 Å². The second-order valence-electron chi connectivity index (χ2n) is 5.70. The molecule has 0 saturated carbocycles. The average Bonchev–Trinajstić information content (AvgIpc) is 2.99. The summed E-state index contributed by atoms with van der Waals surface area (Å²) in [5.74, 6) is -0.986. The average molecular weight is 342 g/mol. The lowest BCUT2D eigenvalue weighted by atomic mass is 9.92. The number of esters is 1. The van der Waals surface area contributed by atoms with Crippen LogP contribution in [0.2, 0.25) is 0 Å². The number of aliphatic imine (C=N–C) groups is 1. The summed E-state index contributed by atoms with van der Waals surface area (Å²) in [6.07, 6.45) is 0. The summed E-state index contributed by atoms with van der Waals surface area (Å²) in [6, 6.07) is 12.6. The summed E-state index contributed by atoms with van der Waals surface area (Å²) >= 11 is 1.56. The number of carbonyl (C=O) groups is 2. The summed E-state index contributed by atoms with van der Waals surface area (Å²) in [5, 5.41) is 2.79. The van der Waals surface area contributed by atoms with E-state index in [1.165, 1.54) is 0 Å². The maximum atomic E-state index is 12.6. The third-order valence-electron chi connectivity index (χ3n) is 3.89. The zero-order valence-corrected chi connectivity index (χ0v) is 14.3. The van der Waals surface area contributed by atoms with Crippen LogP contribution in [0.25, 0.3) is 0 Å². The zero-order chi connectivity index (χ0) is 17.1. The van der Waals surface area contributed by atoms with Gasteiger partial charge < -0.3 is 10.1 Å². The smallest absolute Gasteiger partial charge is 0.341 e. The Labute approximate surface area is 144 Å². The molecule has 1 aromatic carbocycles. The van der Waals surface area contributed by atoms with Gasteiger partial charge in [0.2, 0.25) is 0 Å². The molecular formula is C18H18N2O3S. The Morgan fingerprint density at radius 3 is 2.62 bits per heavy atom. The largest absolute Gasteiger partial charge is 0.460 e. The van der Waals surface area contributed by atoms with Crippen LogP contribution in [0, 0.1) is 12.8 Å². The minimum atomic E-state index is -0.607. The summed E-state index contributed by atoms with van der Waals surface area (Å²) in [5.41, 5.74) is 1.40. The molecule has 2 atom stereocenters. The Morgan fingerprint density at radius 2 is 1.96 bits per heavy atom. The number of hydrogen-bond donors (Lipinski definition) is 1.